The van der Waals surface area contributed by atoms with Gasteiger partial charge in [0.25, 0.3) is 9.05 Å². The first-order valence-electron chi connectivity index (χ1n) is 4.93. The number of carbonyl (C=O) groups is 1. The molecule has 0 aliphatic carbocycles. The van der Waals surface area contributed by atoms with Crippen LogP contribution in [0.5, 0.6) is 5.88 Å². The molecule has 0 fully saturated rings. The summed E-state index contributed by atoms with van der Waals surface area (Å²) in [6, 6.07) is 0. The maximum absolute atomic E-state index is 11.2. The Bertz CT molecular complexity index is 569. The predicted octanol–water partition coefficient (Wildman–Crippen LogP) is -0.0724. The molecule has 100 valence electrons. The number of hydrogen-bond acceptors (Lipinski definition) is 6. The van der Waals surface area contributed by atoms with Crippen molar-refractivity contribution in [3.63, 3.8) is 0 Å². The van der Waals surface area contributed by atoms with E-state index in [0.717, 1.165) is 6.20 Å². The van der Waals surface area contributed by atoms with Crippen LogP contribution in [-0.4, -0.2) is 44.1 Å². The number of aromatic nitrogens is 2. The minimum absolute atomic E-state index is 0.0402. The van der Waals surface area contributed by atoms with Crippen LogP contribution in [0.4, 0.5) is 4.79 Å². The lowest BCUT2D eigenvalue weighted by atomic mass is 10.3. The minimum atomic E-state index is -3.90. The summed E-state index contributed by atoms with van der Waals surface area (Å²) < 4.78 is 33.9. The van der Waals surface area contributed by atoms with Gasteiger partial charge in [0, 0.05) is 17.7 Å². The van der Waals surface area contributed by atoms with Crippen molar-refractivity contribution in [2.24, 2.45) is 0 Å². The number of nitrogens with zero attached hydrogens (tertiary/aromatic N) is 2. The Hall–Kier alpha value is -1.48. The summed E-state index contributed by atoms with van der Waals surface area (Å²) in [7, 11) is 2.76. The van der Waals surface area contributed by atoms with Gasteiger partial charge >= 0.3 is 6.09 Å². The van der Waals surface area contributed by atoms with E-state index in [1.807, 2.05) is 0 Å². The van der Waals surface area contributed by atoms with Crippen molar-refractivity contribution < 1.29 is 22.7 Å². The second kappa shape index (κ2) is 4.65. The zero-order chi connectivity index (χ0) is 13.3. The van der Waals surface area contributed by atoms with Gasteiger partial charge in [-0.25, -0.2) is 17.9 Å². The number of carbonyl (C=O) groups excluding carboxylic acids is 1. The van der Waals surface area contributed by atoms with Crippen LogP contribution in [0.1, 0.15) is 0 Å². The van der Waals surface area contributed by atoms with Crippen molar-refractivity contribution in [2.75, 3.05) is 13.7 Å². The molecule has 0 spiro atoms. The lowest BCUT2D eigenvalue weighted by Crippen LogP contribution is -2.37. The Morgan fingerprint density at radius 2 is 2.44 bits per heavy atom. The third-order valence-corrected chi connectivity index (χ3v) is 3.59. The molecule has 0 radical (unpaired) electrons. The lowest BCUT2D eigenvalue weighted by Gasteiger charge is -2.24. The molecule has 18 heavy (non-hydrogen) atoms. The minimum Gasteiger partial charge on any atom is -0.473 e. The molecule has 2 heterocycles. The number of fused-ring (bicyclic) bond motifs is 1. The second-order valence-corrected chi connectivity index (χ2v) is 6.06. The van der Waals surface area contributed by atoms with Crippen LogP contribution >= 0.6 is 10.7 Å². The van der Waals surface area contributed by atoms with Gasteiger partial charge < -0.3 is 14.8 Å². The highest BCUT2D eigenvalue weighted by atomic mass is 35.7. The van der Waals surface area contributed by atoms with Crippen LogP contribution in [0.25, 0.3) is 0 Å². The molecular weight excluding hydrogens is 286 g/mol. The molecule has 8 nitrogen and oxygen atoms in total. The Morgan fingerprint density at radius 3 is 3.06 bits per heavy atom. The van der Waals surface area contributed by atoms with Gasteiger partial charge in [0.05, 0.1) is 12.7 Å². The zero-order valence-electron chi connectivity index (χ0n) is 9.29. The highest BCUT2D eigenvalue weighted by Gasteiger charge is 2.30. The largest absolute Gasteiger partial charge is 0.473 e. The van der Waals surface area contributed by atoms with Gasteiger partial charge in [0.2, 0.25) is 5.88 Å². The Morgan fingerprint density at radius 1 is 1.72 bits per heavy atom. The summed E-state index contributed by atoms with van der Waals surface area (Å²) in [5, 5.41) is 6.13. The predicted molar refractivity (Wildman–Crippen MR) is 60.1 cm³/mol. The van der Waals surface area contributed by atoms with Crippen LogP contribution in [0.2, 0.25) is 0 Å². The van der Waals surface area contributed by atoms with E-state index in [1.54, 1.807) is 0 Å². The van der Waals surface area contributed by atoms with E-state index in [4.69, 9.17) is 20.2 Å². The van der Waals surface area contributed by atoms with Gasteiger partial charge in [-0.15, -0.1) is 0 Å². The molecule has 0 aromatic carbocycles. The number of hydrogen-bond donors (Lipinski definition) is 1. The lowest BCUT2D eigenvalue weighted by molar-refractivity contribution is 0.0300. The topological polar surface area (TPSA) is 99.5 Å². The summed E-state index contributed by atoms with van der Waals surface area (Å²) in [5.41, 5.74) is 0. The first-order chi connectivity index (χ1) is 8.41. The molecule has 0 saturated carbocycles. The van der Waals surface area contributed by atoms with E-state index in [1.165, 1.54) is 11.7 Å². The standard InChI is InChI=1S/C8H10ClN3O5S/c1-10-8(13)17-5-3-12-7(16-4-5)6(2-11-12)18(9,14)15/h2,5H,3-4H2,1H3,(H,10,13). The van der Waals surface area contributed by atoms with Crippen LogP contribution in [0.15, 0.2) is 11.1 Å². The number of rotatable bonds is 2. The van der Waals surface area contributed by atoms with E-state index in [0.29, 0.717) is 0 Å². The second-order valence-electron chi connectivity index (χ2n) is 3.52. The molecule has 0 saturated heterocycles. The molecular formula is C8H10ClN3O5S. The Balaban J connectivity index is 2.17. The van der Waals surface area contributed by atoms with Crippen LogP contribution in [0.3, 0.4) is 0 Å². The fourth-order valence-electron chi connectivity index (χ4n) is 1.50. The van der Waals surface area contributed by atoms with Crippen molar-refractivity contribution in [3.8, 4) is 5.88 Å². The smallest absolute Gasteiger partial charge is 0.407 e. The highest BCUT2D eigenvalue weighted by molar-refractivity contribution is 8.13. The normalized spacial score (nSPS) is 18.7. The van der Waals surface area contributed by atoms with Gasteiger partial charge in [-0.1, -0.05) is 0 Å². The molecule has 1 aromatic heterocycles. The monoisotopic (exact) mass is 295 g/mol. The molecule has 1 N–H and O–H groups in total. The molecule has 10 heteroatoms. The van der Waals surface area contributed by atoms with Crippen molar-refractivity contribution in [3.05, 3.63) is 6.20 Å². The number of amides is 1. The Labute approximate surface area is 107 Å². The Kier molecular flexibility index (Phi) is 3.35. The van der Waals surface area contributed by atoms with E-state index < -0.39 is 21.2 Å². The first kappa shape index (κ1) is 13.0. The maximum atomic E-state index is 11.2. The molecule has 1 aliphatic rings. The molecule has 2 rings (SSSR count). The number of nitrogens with one attached hydrogen (secondary N) is 1. The first-order valence-corrected chi connectivity index (χ1v) is 7.24. The van der Waals surface area contributed by atoms with Gasteiger partial charge in [0.1, 0.15) is 6.61 Å². The molecule has 1 amide bonds. The number of ether oxygens (including phenoxy) is 2. The van der Waals surface area contributed by atoms with E-state index in [2.05, 4.69) is 10.4 Å². The summed E-state index contributed by atoms with van der Waals surface area (Å²) in [6.45, 7) is 0.244. The molecule has 1 atom stereocenters. The van der Waals surface area contributed by atoms with E-state index in [9.17, 15) is 13.2 Å². The fraction of sp³-hybridized carbons (Fsp3) is 0.500. The summed E-state index contributed by atoms with van der Waals surface area (Å²) in [4.78, 5) is 10.8. The van der Waals surface area contributed by atoms with E-state index in [-0.39, 0.29) is 23.9 Å². The third kappa shape index (κ3) is 2.51. The molecule has 1 aliphatic heterocycles. The summed E-state index contributed by atoms with van der Waals surface area (Å²) in [6.07, 6.45) is -0.0347. The highest BCUT2D eigenvalue weighted by Crippen LogP contribution is 2.29. The average molecular weight is 296 g/mol. The fourth-order valence-corrected chi connectivity index (χ4v) is 2.36. The third-order valence-electron chi connectivity index (χ3n) is 2.28. The van der Waals surface area contributed by atoms with Crippen LogP contribution in [-0.2, 0) is 20.3 Å². The van der Waals surface area contributed by atoms with Gasteiger partial charge in [-0.3, -0.25) is 0 Å². The summed E-state index contributed by atoms with van der Waals surface area (Å²) in [5.74, 6) is 0.0572. The molecule has 1 aromatic rings. The quantitative estimate of drug-likeness (QED) is 0.767. The molecule has 1 unspecified atom stereocenters. The van der Waals surface area contributed by atoms with Crippen LogP contribution < -0.4 is 10.1 Å². The SMILES string of the molecule is CNC(=O)OC1COc2c(S(=O)(=O)Cl)cnn2C1. The van der Waals surface area contributed by atoms with Crippen molar-refractivity contribution in [2.45, 2.75) is 17.5 Å². The van der Waals surface area contributed by atoms with Gasteiger partial charge in [0.15, 0.2) is 11.0 Å². The summed E-state index contributed by atoms with van der Waals surface area (Å²) >= 11 is 0. The van der Waals surface area contributed by atoms with Gasteiger partial charge in [-0.05, 0) is 0 Å². The van der Waals surface area contributed by atoms with Gasteiger partial charge in [-0.2, -0.15) is 5.10 Å². The van der Waals surface area contributed by atoms with Crippen molar-refractivity contribution >= 4 is 25.8 Å². The number of halogens is 1. The van der Waals surface area contributed by atoms with Crippen LogP contribution in [0, 0.1) is 0 Å². The average Bonchev–Trinajstić information content (AvgIpc) is 2.71. The van der Waals surface area contributed by atoms with E-state index >= 15 is 0 Å². The van der Waals surface area contributed by atoms with Crippen molar-refractivity contribution in [1.82, 2.24) is 15.1 Å². The number of alkyl carbamates (subject to hydrolysis) is 1. The molecule has 0 bridgehead atoms. The zero-order valence-corrected chi connectivity index (χ0v) is 10.9. The van der Waals surface area contributed by atoms with Crippen molar-refractivity contribution in [1.29, 1.82) is 0 Å². The maximum Gasteiger partial charge on any atom is 0.407 e.